The monoisotopic (exact) mass is 364 g/mol. The zero-order chi connectivity index (χ0) is 11.5. The molecule has 2 rings (SSSR count). The van der Waals surface area contributed by atoms with E-state index >= 15 is 0 Å². The molecule has 1 aromatic carbocycles. The molecule has 5 heteroatoms. The molecule has 0 fully saturated rings. The van der Waals surface area contributed by atoms with Crippen LogP contribution in [0.15, 0.2) is 24.4 Å². The van der Waals surface area contributed by atoms with Crippen molar-refractivity contribution in [2.24, 2.45) is 0 Å². The molecule has 16 heavy (non-hydrogen) atoms. The lowest BCUT2D eigenvalue weighted by molar-refractivity contribution is 1.10. The van der Waals surface area contributed by atoms with Crippen LogP contribution in [0.2, 0.25) is 4.34 Å². The number of anilines is 1. The second kappa shape index (κ2) is 5.33. The van der Waals surface area contributed by atoms with Crippen LogP contribution in [0, 0.1) is 10.5 Å². The Bertz CT molecular complexity index is 498. The van der Waals surface area contributed by atoms with Gasteiger partial charge in [-0.2, -0.15) is 0 Å². The molecule has 1 N–H and O–H groups in total. The number of aryl methyl sites for hydroxylation is 1. The average molecular weight is 365 g/mol. The normalized spacial score (nSPS) is 10.4. The minimum Gasteiger partial charge on any atom is -0.378 e. The Balaban J connectivity index is 2.02. The van der Waals surface area contributed by atoms with Crippen LogP contribution in [0.5, 0.6) is 0 Å². The average Bonchev–Trinajstić information content (AvgIpc) is 2.66. The van der Waals surface area contributed by atoms with Gasteiger partial charge in [0.2, 0.25) is 0 Å². The number of benzene rings is 1. The summed E-state index contributed by atoms with van der Waals surface area (Å²) >= 11 is 9.65. The molecule has 0 radical (unpaired) electrons. The number of halogens is 2. The Labute approximate surface area is 117 Å². The first-order chi connectivity index (χ1) is 7.65. The maximum atomic E-state index is 5.82. The van der Waals surface area contributed by atoms with E-state index in [4.69, 9.17) is 11.6 Å². The van der Waals surface area contributed by atoms with E-state index in [1.807, 2.05) is 0 Å². The maximum absolute atomic E-state index is 5.82. The molecular formula is C11H10ClIN2S. The van der Waals surface area contributed by atoms with Gasteiger partial charge in [-0.25, -0.2) is 4.98 Å². The molecule has 84 valence electrons. The first-order valence-corrected chi connectivity index (χ1v) is 7.03. The van der Waals surface area contributed by atoms with Gasteiger partial charge in [0.1, 0.15) is 9.34 Å². The fraction of sp³-hybridized carbons (Fsp3) is 0.182. The highest BCUT2D eigenvalue weighted by Gasteiger charge is 2.01. The topological polar surface area (TPSA) is 24.9 Å². The summed E-state index contributed by atoms with van der Waals surface area (Å²) < 4.78 is 2.00. The van der Waals surface area contributed by atoms with Gasteiger partial charge in [-0.05, 0) is 47.2 Å². The molecule has 0 aliphatic carbocycles. The van der Waals surface area contributed by atoms with Crippen molar-refractivity contribution in [1.29, 1.82) is 0 Å². The highest BCUT2D eigenvalue weighted by molar-refractivity contribution is 14.1. The van der Waals surface area contributed by atoms with Gasteiger partial charge in [0.15, 0.2) is 0 Å². The summed E-state index contributed by atoms with van der Waals surface area (Å²) in [6, 6.07) is 6.32. The van der Waals surface area contributed by atoms with Gasteiger partial charge >= 0.3 is 0 Å². The summed E-state index contributed by atoms with van der Waals surface area (Å²) in [7, 11) is 0. The molecule has 0 aliphatic heterocycles. The van der Waals surface area contributed by atoms with Gasteiger partial charge in [0, 0.05) is 9.26 Å². The Kier molecular flexibility index (Phi) is 4.05. The van der Waals surface area contributed by atoms with Crippen molar-refractivity contribution in [3.63, 3.8) is 0 Å². The molecule has 2 nitrogen and oxygen atoms in total. The summed E-state index contributed by atoms with van der Waals surface area (Å²) in [6.45, 7) is 2.82. The Hall–Kier alpha value is -0.330. The summed E-state index contributed by atoms with van der Waals surface area (Å²) in [5, 5.41) is 4.33. The fourth-order valence-corrected chi connectivity index (χ4v) is 2.66. The van der Waals surface area contributed by atoms with Crippen molar-refractivity contribution in [3.05, 3.63) is 42.9 Å². The zero-order valence-corrected chi connectivity index (χ0v) is 12.4. The highest BCUT2D eigenvalue weighted by Crippen LogP contribution is 2.21. The van der Waals surface area contributed by atoms with Crippen LogP contribution in [0.3, 0.4) is 0 Å². The minimum atomic E-state index is 0.719. The van der Waals surface area contributed by atoms with Crippen molar-refractivity contribution < 1.29 is 0 Å². The van der Waals surface area contributed by atoms with E-state index in [0.717, 1.165) is 21.6 Å². The standard InChI is InChI=1S/C11H10ClIN2S/c1-7-2-3-8(4-9(7)13)14-6-11-15-5-10(12)16-11/h2-5,14H,6H2,1H3. The van der Waals surface area contributed by atoms with Crippen LogP contribution < -0.4 is 5.32 Å². The maximum Gasteiger partial charge on any atom is 0.113 e. The number of rotatable bonds is 3. The van der Waals surface area contributed by atoms with Gasteiger partial charge < -0.3 is 5.32 Å². The van der Waals surface area contributed by atoms with Crippen molar-refractivity contribution in [2.75, 3.05) is 5.32 Å². The van der Waals surface area contributed by atoms with E-state index < -0.39 is 0 Å². The highest BCUT2D eigenvalue weighted by atomic mass is 127. The third-order valence-corrected chi connectivity index (χ3v) is 4.42. The van der Waals surface area contributed by atoms with Gasteiger partial charge in [-0.3, -0.25) is 0 Å². The molecule has 0 unspecified atom stereocenters. The van der Waals surface area contributed by atoms with Crippen LogP contribution in [-0.4, -0.2) is 4.98 Å². The molecule has 0 saturated heterocycles. The molecule has 2 aromatic rings. The van der Waals surface area contributed by atoms with Crippen LogP contribution in [0.4, 0.5) is 5.69 Å². The molecular weight excluding hydrogens is 355 g/mol. The molecule has 0 spiro atoms. The molecule has 1 heterocycles. The van der Waals surface area contributed by atoms with Crippen LogP contribution in [0.25, 0.3) is 0 Å². The van der Waals surface area contributed by atoms with Crippen LogP contribution in [0.1, 0.15) is 10.6 Å². The number of thiazole rings is 1. The van der Waals surface area contributed by atoms with Crippen LogP contribution in [-0.2, 0) is 6.54 Å². The fourth-order valence-electron chi connectivity index (χ4n) is 1.25. The molecule has 0 amide bonds. The van der Waals surface area contributed by atoms with E-state index in [1.54, 1.807) is 6.20 Å². The summed E-state index contributed by atoms with van der Waals surface area (Å²) in [6.07, 6.45) is 1.68. The van der Waals surface area contributed by atoms with E-state index in [-0.39, 0.29) is 0 Å². The molecule has 0 saturated carbocycles. The second-order valence-electron chi connectivity index (χ2n) is 3.38. The quantitative estimate of drug-likeness (QED) is 0.820. The number of hydrogen-bond acceptors (Lipinski definition) is 3. The van der Waals surface area contributed by atoms with Gasteiger partial charge in [-0.1, -0.05) is 17.7 Å². The molecule has 1 aromatic heterocycles. The summed E-state index contributed by atoms with van der Waals surface area (Å²) in [4.78, 5) is 4.19. The predicted octanol–water partition coefficient (Wildman–Crippen LogP) is 4.32. The van der Waals surface area contributed by atoms with Crippen LogP contribution >= 0.6 is 45.5 Å². The summed E-state index contributed by atoms with van der Waals surface area (Å²) in [5.41, 5.74) is 2.41. The van der Waals surface area contributed by atoms with Crippen molar-refractivity contribution >= 4 is 51.2 Å². The minimum absolute atomic E-state index is 0.719. The molecule has 0 atom stereocenters. The number of nitrogens with one attached hydrogen (secondary N) is 1. The van der Waals surface area contributed by atoms with Crippen molar-refractivity contribution in [3.8, 4) is 0 Å². The number of aromatic nitrogens is 1. The second-order valence-corrected chi connectivity index (χ2v) is 6.28. The van der Waals surface area contributed by atoms with Crippen molar-refractivity contribution in [1.82, 2.24) is 4.98 Å². The number of nitrogens with zero attached hydrogens (tertiary/aromatic N) is 1. The SMILES string of the molecule is Cc1ccc(NCc2ncc(Cl)s2)cc1I. The number of hydrogen-bond donors (Lipinski definition) is 1. The molecule has 0 aliphatic rings. The Morgan fingerprint density at radius 2 is 2.31 bits per heavy atom. The Morgan fingerprint density at radius 3 is 2.94 bits per heavy atom. The Morgan fingerprint density at radius 1 is 1.50 bits per heavy atom. The largest absolute Gasteiger partial charge is 0.378 e. The van der Waals surface area contributed by atoms with E-state index in [9.17, 15) is 0 Å². The summed E-state index contributed by atoms with van der Waals surface area (Å²) in [5.74, 6) is 0. The third-order valence-electron chi connectivity index (χ3n) is 2.14. The first-order valence-electron chi connectivity index (χ1n) is 4.75. The smallest absolute Gasteiger partial charge is 0.113 e. The lowest BCUT2D eigenvalue weighted by atomic mass is 10.2. The lowest BCUT2D eigenvalue weighted by Gasteiger charge is -2.06. The van der Waals surface area contributed by atoms with E-state index in [1.165, 1.54) is 20.5 Å². The molecule has 0 bridgehead atoms. The van der Waals surface area contributed by atoms with Crippen molar-refractivity contribution in [2.45, 2.75) is 13.5 Å². The third kappa shape index (κ3) is 3.09. The zero-order valence-electron chi connectivity index (χ0n) is 8.63. The van der Waals surface area contributed by atoms with Gasteiger partial charge in [0.05, 0.1) is 12.7 Å². The first kappa shape index (κ1) is 12.1. The predicted molar refractivity (Wildman–Crippen MR) is 78.3 cm³/mol. The lowest BCUT2D eigenvalue weighted by Crippen LogP contribution is -1.99. The van der Waals surface area contributed by atoms with Gasteiger partial charge in [0.25, 0.3) is 0 Å². The van der Waals surface area contributed by atoms with Gasteiger partial charge in [-0.15, -0.1) is 11.3 Å². The van der Waals surface area contributed by atoms with E-state index in [0.29, 0.717) is 0 Å². The van der Waals surface area contributed by atoms with E-state index in [2.05, 4.69) is 58.0 Å².